The van der Waals surface area contributed by atoms with Crippen LogP contribution in [0.2, 0.25) is 15.1 Å². The van der Waals surface area contributed by atoms with Gasteiger partial charge < -0.3 is 10.4 Å². The molecule has 0 saturated carbocycles. The molecule has 0 aliphatic heterocycles. The summed E-state index contributed by atoms with van der Waals surface area (Å²) >= 11 is 17.5. The van der Waals surface area contributed by atoms with Crippen LogP contribution in [0.15, 0.2) is 36.4 Å². The molecule has 0 atom stereocenters. The van der Waals surface area contributed by atoms with E-state index in [0.717, 1.165) is 0 Å². The number of nitrogens with one attached hydrogen (secondary N) is 1. The number of rotatable bonds is 3. The highest BCUT2D eigenvalue weighted by molar-refractivity contribution is 6.35. The van der Waals surface area contributed by atoms with Gasteiger partial charge in [-0.15, -0.1) is 0 Å². The molecule has 0 fully saturated rings. The van der Waals surface area contributed by atoms with Gasteiger partial charge in [-0.05, 0) is 30.3 Å². The van der Waals surface area contributed by atoms with Gasteiger partial charge in [-0.25, -0.2) is 4.79 Å². The predicted molar refractivity (Wildman–Crippen MR) is 82.8 cm³/mol. The number of anilines is 1. The van der Waals surface area contributed by atoms with E-state index in [4.69, 9.17) is 39.9 Å². The summed E-state index contributed by atoms with van der Waals surface area (Å²) in [5.74, 6) is -1.77. The lowest BCUT2D eigenvalue weighted by Gasteiger charge is -2.10. The molecule has 0 aliphatic carbocycles. The van der Waals surface area contributed by atoms with E-state index < -0.39 is 11.9 Å². The fourth-order valence-electron chi connectivity index (χ4n) is 1.73. The molecule has 0 saturated heterocycles. The van der Waals surface area contributed by atoms with Crippen molar-refractivity contribution in [2.45, 2.75) is 0 Å². The van der Waals surface area contributed by atoms with Crippen LogP contribution in [0.5, 0.6) is 0 Å². The molecule has 2 N–H and O–H groups in total. The zero-order valence-electron chi connectivity index (χ0n) is 10.4. The van der Waals surface area contributed by atoms with E-state index in [-0.39, 0.29) is 21.8 Å². The molecule has 2 aromatic rings. The second-order valence-electron chi connectivity index (χ2n) is 4.08. The number of halogens is 3. The number of benzene rings is 2. The monoisotopic (exact) mass is 343 g/mol. The van der Waals surface area contributed by atoms with E-state index in [1.165, 1.54) is 36.4 Å². The topological polar surface area (TPSA) is 66.4 Å². The Bertz CT molecular complexity index is 711. The van der Waals surface area contributed by atoms with Crippen LogP contribution < -0.4 is 5.32 Å². The molecular formula is C14H8Cl3NO3. The lowest BCUT2D eigenvalue weighted by atomic mass is 10.1. The Labute approximate surface area is 135 Å². The second-order valence-corrected chi connectivity index (χ2v) is 5.36. The van der Waals surface area contributed by atoms with E-state index in [9.17, 15) is 9.59 Å². The number of hydrogen-bond donors (Lipinski definition) is 2. The first-order chi connectivity index (χ1) is 9.88. The summed E-state index contributed by atoms with van der Waals surface area (Å²) < 4.78 is 0. The maximum atomic E-state index is 12.1. The van der Waals surface area contributed by atoms with Crippen LogP contribution in [0.25, 0.3) is 0 Å². The molecular weight excluding hydrogens is 337 g/mol. The van der Waals surface area contributed by atoms with Crippen LogP contribution >= 0.6 is 34.8 Å². The Kier molecular flexibility index (Phi) is 4.73. The minimum absolute atomic E-state index is 0.0319. The van der Waals surface area contributed by atoms with Crippen molar-refractivity contribution in [2.75, 3.05) is 5.32 Å². The molecule has 108 valence electrons. The number of carboxylic acids is 1. The Hall–Kier alpha value is -1.75. The summed E-state index contributed by atoms with van der Waals surface area (Å²) in [7, 11) is 0. The summed E-state index contributed by atoms with van der Waals surface area (Å²) in [5, 5.41) is 12.3. The summed E-state index contributed by atoms with van der Waals surface area (Å²) in [4.78, 5) is 23.3. The summed E-state index contributed by atoms with van der Waals surface area (Å²) in [5.41, 5.74) is 0.126. The normalized spacial score (nSPS) is 10.2. The molecule has 2 rings (SSSR count). The zero-order valence-corrected chi connectivity index (χ0v) is 12.6. The van der Waals surface area contributed by atoms with Crippen LogP contribution in [0.3, 0.4) is 0 Å². The lowest BCUT2D eigenvalue weighted by Crippen LogP contribution is -2.15. The van der Waals surface area contributed by atoms with Gasteiger partial charge >= 0.3 is 5.97 Å². The quantitative estimate of drug-likeness (QED) is 0.855. The van der Waals surface area contributed by atoms with Crippen molar-refractivity contribution in [2.24, 2.45) is 0 Å². The molecule has 7 heteroatoms. The van der Waals surface area contributed by atoms with E-state index in [0.29, 0.717) is 10.0 Å². The van der Waals surface area contributed by atoms with E-state index in [1.807, 2.05) is 0 Å². The molecule has 1 amide bonds. The largest absolute Gasteiger partial charge is 0.478 e. The van der Waals surface area contributed by atoms with Gasteiger partial charge in [-0.1, -0.05) is 40.9 Å². The van der Waals surface area contributed by atoms with Gasteiger partial charge in [-0.2, -0.15) is 0 Å². The number of hydrogen-bond acceptors (Lipinski definition) is 2. The Balaban J connectivity index is 2.36. The molecule has 4 nitrogen and oxygen atoms in total. The highest BCUT2D eigenvalue weighted by atomic mass is 35.5. The van der Waals surface area contributed by atoms with Gasteiger partial charge in [0.05, 0.1) is 10.7 Å². The van der Waals surface area contributed by atoms with Crippen LogP contribution in [-0.4, -0.2) is 17.0 Å². The van der Waals surface area contributed by atoms with Crippen LogP contribution in [0, 0.1) is 0 Å². The van der Waals surface area contributed by atoms with E-state index >= 15 is 0 Å². The molecule has 0 unspecified atom stereocenters. The molecule has 0 spiro atoms. The van der Waals surface area contributed by atoms with Crippen molar-refractivity contribution >= 4 is 52.4 Å². The average molecular weight is 345 g/mol. The number of carboxylic acid groups (broad SMARTS) is 1. The minimum atomic E-state index is -1.24. The average Bonchev–Trinajstić information content (AvgIpc) is 2.37. The van der Waals surface area contributed by atoms with Gasteiger partial charge in [0.25, 0.3) is 5.91 Å². The number of aromatic carboxylic acids is 1. The fourth-order valence-corrected chi connectivity index (χ4v) is 2.51. The summed E-state index contributed by atoms with van der Waals surface area (Å²) in [6, 6.07) is 8.75. The van der Waals surface area contributed by atoms with Crippen molar-refractivity contribution < 1.29 is 14.7 Å². The van der Waals surface area contributed by atoms with Crippen molar-refractivity contribution in [3.05, 3.63) is 62.6 Å². The smallest absolute Gasteiger partial charge is 0.339 e. The van der Waals surface area contributed by atoms with Crippen molar-refractivity contribution in [3.63, 3.8) is 0 Å². The number of carbonyl (C=O) groups is 2. The third-order valence-corrected chi connectivity index (χ3v) is 3.35. The standard InChI is InChI=1S/C14H8Cl3NO3/c15-8-4-7(5-9(16)6-8)13(19)18-11-3-1-2-10(17)12(11)14(20)21/h1-6H,(H,18,19)(H,20,21). The highest BCUT2D eigenvalue weighted by Gasteiger charge is 2.17. The van der Waals surface area contributed by atoms with Gasteiger partial charge in [0.1, 0.15) is 5.56 Å². The van der Waals surface area contributed by atoms with Gasteiger partial charge in [0, 0.05) is 15.6 Å². The molecule has 21 heavy (non-hydrogen) atoms. The molecule has 0 aromatic heterocycles. The third-order valence-electron chi connectivity index (χ3n) is 2.60. The summed E-state index contributed by atoms with van der Waals surface area (Å²) in [6.45, 7) is 0. The van der Waals surface area contributed by atoms with Crippen molar-refractivity contribution in [3.8, 4) is 0 Å². The third kappa shape index (κ3) is 3.67. The van der Waals surface area contributed by atoms with Gasteiger partial charge in [0.15, 0.2) is 0 Å². The molecule has 2 aromatic carbocycles. The minimum Gasteiger partial charge on any atom is -0.478 e. The SMILES string of the molecule is O=C(Nc1cccc(Cl)c1C(=O)O)c1cc(Cl)cc(Cl)c1. The maximum Gasteiger partial charge on any atom is 0.339 e. The maximum absolute atomic E-state index is 12.1. The number of amides is 1. The van der Waals surface area contributed by atoms with Crippen molar-refractivity contribution in [1.82, 2.24) is 0 Å². The molecule has 0 bridgehead atoms. The molecule has 0 radical (unpaired) electrons. The van der Waals surface area contributed by atoms with Crippen LogP contribution in [0.1, 0.15) is 20.7 Å². The Morgan fingerprint density at radius 2 is 1.62 bits per heavy atom. The van der Waals surface area contributed by atoms with E-state index in [2.05, 4.69) is 5.32 Å². The number of carbonyl (C=O) groups excluding carboxylic acids is 1. The lowest BCUT2D eigenvalue weighted by molar-refractivity contribution is 0.0698. The van der Waals surface area contributed by atoms with E-state index in [1.54, 1.807) is 0 Å². The van der Waals surface area contributed by atoms with Crippen LogP contribution in [-0.2, 0) is 0 Å². The Morgan fingerprint density at radius 3 is 2.19 bits per heavy atom. The first-order valence-corrected chi connectivity index (χ1v) is 6.81. The van der Waals surface area contributed by atoms with Gasteiger partial charge in [-0.3, -0.25) is 4.79 Å². The zero-order chi connectivity index (χ0) is 15.6. The first-order valence-electron chi connectivity index (χ1n) is 5.67. The molecule has 0 aliphatic rings. The van der Waals surface area contributed by atoms with Crippen molar-refractivity contribution in [1.29, 1.82) is 0 Å². The highest BCUT2D eigenvalue weighted by Crippen LogP contribution is 2.26. The molecule has 0 heterocycles. The first kappa shape index (κ1) is 15.6. The van der Waals surface area contributed by atoms with Crippen LogP contribution in [0.4, 0.5) is 5.69 Å². The predicted octanol–water partition coefficient (Wildman–Crippen LogP) is 4.60. The second kappa shape index (κ2) is 6.35. The summed E-state index contributed by atoms with van der Waals surface area (Å²) in [6.07, 6.45) is 0. The van der Waals surface area contributed by atoms with Gasteiger partial charge in [0.2, 0.25) is 0 Å². The Morgan fingerprint density at radius 1 is 1.00 bits per heavy atom. The fraction of sp³-hybridized carbons (Fsp3) is 0.